The maximum atomic E-state index is 12.6. The number of sulfone groups is 1. The number of aromatic nitrogens is 2. The van der Waals surface area contributed by atoms with E-state index in [0.29, 0.717) is 6.26 Å². The Labute approximate surface area is 71.4 Å². The van der Waals surface area contributed by atoms with Gasteiger partial charge in [0.25, 0.3) is 0 Å². The molecule has 0 N–H and O–H groups in total. The second-order valence-electron chi connectivity index (χ2n) is 2.18. The lowest BCUT2D eigenvalue weighted by Gasteiger charge is -1.99. The maximum Gasteiger partial charge on any atom is 0.314 e. The van der Waals surface area contributed by atoms with E-state index >= 15 is 0 Å². The van der Waals surface area contributed by atoms with Crippen molar-refractivity contribution in [3.63, 3.8) is 0 Å². The third-order valence-electron chi connectivity index (χ3n) is 1.13. The minimum Gasteiger partial charge on any atom is -0.224 e. The van der Waals surface area contributed by atoms with E-state index in [0.717, 1.165) is 0 Å². The highest BCUT2D eigenvalue weighted by Crippen LogP contribution is 2.14. The summed E-state index contributed by atoms with van der Waals surface area (Å²) in [7, 11) is -4.12. The maximum absolute atomic E-state index is 12.6. The number of rotatable bonds is 1. The summed E-state index contributed by atoms with van der Waals surface area (Å²) in [6.45, 7) is 0. The zero-order valence-electron chi connectivity index (χ0n) is 6.25. The molecular formula is C5H3F3N2O2S. The molecule has 1 rings (SSSR count). The van der Waals surface area contributed by atoms with Gasteiger partial charge in [-0.25, -0.2) is 8.42 Å². The van der Waals surface area contributed by atoms with E-state index in [1.807, 2.05) is 0 Å². The smallest absolute Gasteiger partial charge is 0.224 e. The fourth-order valence-corrected chi connectivity index (χ4v) is 1.38. The first-order valence-corrected chi connectivity index (χ1v) is 4.80. The Morgan fingerprint density at radius 2 is 1.46 bits per heavy atom. The molecule has 8 heteroatoms. The summed E-state index contributed by atoms with van der Waals surface area (Å²) in [5.74, 6) is -3.46. The van der Waals surface area contributed by atoms with Crippen LogP contribution in [0.5, 0.6) is 0 Å². The van der Waals surface area contributed by atoms with Gasteiger partial charge in [0.15, 0.2) is 14.7 Å². The molecule has 72 valence electrons. The summed E-state index contributed by atoms with van der Waals surface area (Å²) in [6.07, 6.45) is -1.09. The first-order valence-electron chi connectivity index (χ1n) is 2.91. The van der Waals surface area contributed by atoms with Crippen LogP contribution in [0.25, 0.3) is 0 Å². The van der Waals surface area contributed by atoms with Crippen LogP contribution in [0.3, 0.4) is 0 Å². The predicted molar refractivity (Wildman–Crippen MR) is 35.0 cm³/mol. The van der Waals surface area contributed by atoms with Crippen LogP contribution in [0, 0.1) is 18.0 Å². The number of nitrogens with zero attached hydrogens (tertiary/aromatic N) is 2. The van der Waals surface area contributed by atoms with Gasteiger partial charge in [-0.3, -0.25) is 0 Å². The van der Waals surface area contributed by atoms with Crippen molar-refractivity contribution >= 4 is 9.84 Å². The molecule has 0 saturated heterocycles. The van der Waals surface area contributed by atoms with Crippen molar-refractivity contribution in [2.24, 2.45) is 0 Å². The van der Waals surface area contributed by atoms with Crippen LogP contribution >= 0.6 is 0 Å². The van der Waals surface area contributed by atoms with Gasteiger partial charge in [-0.2, -0.15) is 23.1 Å². The Kier molecular flexibility index (Phi) is 2.24. The van der Waals surface area contributed by atoms with Gasteiger partial charge in [-0.1, -0.05) is 0 Å². The molecule has 4 nitrogen and oxygen atoms in total. The molecule has 1 aromatic rings. The summed E-state index contributed by atoms with van der Waals surface area (Å²) >= 11 is 0. The summed E-state index contributed by atoms with van der Waals surface area (Å²) < 4.78 is 58.7. The molecule has 0 aliphatic carbocycles. The molecule has 1 aromatic heterocycles. The second kappa shape index (κ2) is 2.95. The SMILES string of the molecule is CS(=O)(=O)c1c(F)nc(F)nc1F. The molecule has 0 atom stereocenters. The van der Waals surface area contributed by atoms with Gasteiger partial charge < -0.3 is 0 Å². The standard InChI is InChI=1S/C5H3F3N2O2S/c1-13(11,12)2-3(6)9-5(8)10-4(2)7/h1H3. The molecule has 0 bridgehead atoms. The fraction of sp³-hybridized carbons (Fsp3) is 0.200. The Hall–Kier alpha value is -1.18. The summed E-state index contributed by atoms with van der Waals surface area (Å²) in [4.78, 5) is 3.55. The van der Waals surface area contributed by atoms with Crippen molar-refractivity contribution in [1.29, 1.82) is 0 Å². The normalized spacial score (nSPS) is 11.7. The van der Waals surface area contributed by atoms with E-state index in [9.17, 15) is 21.6 Å². The second-order valence-corrected chi connectivity index (χ2v) is 4.13. The third-order valence-corrected chi connectivity index (χ3v) is 2.20. The van der Waals surface area contributed by atoms with Gasteiger partial charge in [0.1, 0.15) is 0 Å². The van der Waals surface area contributed by atoms with E-state index in [-0.39, 0.29) is 0 Å². The van der Waals surface area contributed by atoms with E-state index < -0.39 is 32.7 Å². The number of hydrogen-bond acceptors (Lipinski definition) is 4. The molecule has 1 heterocycles. The predicted octanol–water partition coefficient (Wildman–Crippen LogP) is 0.297. The Morgan fingerprint density at radius 1 is 1.08 bits per heavy atom. The zero-order valence-corrected chi connectivity index (χ0v) is 7.07. The Balaban J connectivity index is 3.57. The molecular weight excluding hydrogens is 209 g/mol. The van der Waals surface area contributed by atoms with Crippen molar-refractivity contribution in [3.8, 4) is 0 Å². The van der Waals surface area contributed by atoms with Gasteiger partial charge in [0, 0.05) is 6.26 Å². The summed E-state index contributed by atoms with van der Waals surface area (Å²) in [5.41, 5.74) is 0. The molecule has 0 unspecified atom stereocenters. The largest absolute Gasteiger partial charge is 0.314 e. The first-order chi connectivity index (χ1) is 5.82. The van der Waals surface area contributed by atoms with Crippen molar-refractivity contribution in [2.45, 2.75) is 4.90 Å². The molecule has 0 saturated carbocycles. The molecule has 0 aliphatic rings. The van der Waals surface area contributed by atoms with Gasteiger partial charge in [0.2, 0.25) is 11.9 Å². The van der Waals surface area contributed by atoms with E-state index in [2.05, 4.69) is 9.97 Å². The Morgan fingerprint density at radius 3 is 1.77 bits per heavy atom. The van der Waals surface area contributed by atoms with E-state index in [1.165, 1.54) is 0 Å². The van der Waals surface area contributed by atoms with Crippen LogP contribution in [-0.2, 0) is 9.84 Å². The lowest BCUT2D eigenvalue weighted by atomic mass is 10.6. The minimum absolute atomic E-state index is 0.565. The topological polar surface area (TPSA) is 59.9 Å². The van der Waals surface area contributed by atoms with E-state index in [4.69, 9.17) is 0 Å². The lowest BCUT2D eigenvalue weighted by Crippen LogP contribution is -2.10. The molecule has 0 aliphatic heterocycles. The van der Waals surface area contributed by atoms with Crippen molar-refractivity contribution in [2.75, 3.05) is 6.26 Å². The Bertz CT molecular complexity index is 422. The zero-order chi connectivity index (χ0) is 10.2. The van der Waals surface area contributed by atoms with Crippen LogP contribution in [0.2, 0.25) is 0 Å². The van der Waals surface area contributed by atoms with Crippen LogP contribution in [0.15, 0.2) is 4.90 Å². The molecule has 0 amide bonds. The lowest BCUT2D eigenvalue weighted by molar-refractivity contribution is 0.407. The number of halogens is 3. The monoisotopic (exact) mass is 212 g/mol. The van der Waals surface area contributed by atoms with Crippen molar-refractivity contribution in [1.82, 2.24) is 9.97 Å². The highest BCUT2D eigenvalue weighted by molar-refractivity contribution is 7.90. The summed E-state index contributed by atoms with van der Waals surface area (Å²) in [6, 6.07) is 0. The fourth-order valence-electron chi connectivity index (χ4n) is 0.680. The van der Waals surface area contributed by atoms with Gasteiger partial charge in [0.05, 0.1) is 0 Å². The van der Waals surface area contributed by atoms with Gasteiger partial charge in [-0.15, -0.1) is 0 Å². The van der Waals surface area contributed by atoms with Crippen molar-refractivity contribution in [3.05, 3.63) is 18.0 Å². The average molecular weight is 212 g/mol. The van der Waals surface area contributed by atoms with Gasteiger partial charge >= 0.3 is 6.08 Å². The molecule has 0 fully saturated rings. The first kappa shape index (κ1) is 9.90. The molecule has 0 aromatic carbocycles. The van der Waals surface area contributed by atoms with Crippen molar-refractivity contribution < 1.29 is 21.6 Å². The highest BCUT2D eigenvalue weighted by Gasteiger charge is 2.23. The van der Waals surface area contributed by atoms with E-state index in [1.54, 1.807) is 0 Å². The minimum atomic E-state index is -4.12. The average Bonchev–Trinajstić information content (AvgIpc) is 1.78. The van der Waals surface area contributed by atoms with Crippen LogP contribution in [-0.4, -0.2) is 24.6 Å². The van der Waals surface area contributed by atoms with Gasteiger partial charge in [-0.05, 0) is 0 Å². The third kappa shape index (κ3) is 1.94. The molecule has 0 spiro atoms. The molecule has 13 heavy (non-hydrogen) atoms. The molecule has 0 radical (unpaired) electrons. The number of hydrogen-bond donors (Lipinski definition) is 0. The highest BCUT2D eigenvalue weighted by atomic mass is 32.2. The quantitative estimate of drug-likeness (QED) is 0.496. The summed E-state index contributed by atoms with van der Waals surface area (Å²) in [5, 5.41) is 0. The van der Waals surface area contributed by atoms with Crippen LogP contribution in [0.1, 0.15) is 0 Å². The van der Waals surface area contributed by atoms with Crippen LogP contribution in [0.4, 0.5) is 13.2 Å². The van der Waals surface area contributed by atoms with Crippen LogP contribution < -0.4 is 0 Å².